The van der Waals surface area contributed by atoms with E-state index in [1.807, 2.05) is 50.4 Å². The highest BCUT2D eigenvalue weighted by atomic mass is 32.2. The van der Waals surface area contributed by atoms with E-state index in [-0.39, 0.29) is 12.5 Å². The van der Waals surface area contributed by atoms with Crippen molar-refractivity contribution in [3.05, 3.63) is 65.4 Å². The third-order valence-electron chi connectivity index (χ3n) is 4.57. The van der Waals surface area contributed by atoms with Gasteiger partial charge < -0.3 is 10.3 Å². The van der Waals surface area contributed by atoms with E-state index in [0.717, 1.165) is 38.2 Å². The van der Waals surface area contributed by atoms with Crippen molar-refractivity contribution in [1.82, 2.24) is 10.3 Å². The van der Waals surface area contributed by atoms with Crippen LogP contribution >= 0.6 is 0 Å². The molecule has 0 radical (unpaired) electrons. The number of aromatic nitrogens is 1. The number of nitrogens with zero attached hydrogens (tertiary/aromatic N) is 1. The summed E-state index contributed by atoms with van der Waals surface area (Å²) in [5, 5.41) is 3.96. The maximum Gasteiger partial charge on any atom is 0.240 e. The van der Waals surface area contributed by atoms with E-state index in [2.05, 4.69) is 10.3 Å². The van der Waals surface area contributed by atoms with E-state index in [1.165, 1.54) is 0 Å². The number of nitrogens with one attached hydrogen (secondary N) is 2. The number of hydrogen-bond donors (Lipinski definition) is 2. The van der Waals surface area contributed by atoms with E-state index in [1.54, 1.807) is 12.1 Å². The monoisotopic (exact) mass is 399 g/mol. The zero-order valence-electron chi connectivity index (χ0n) is 16.3. The summed E-state index contributed by atoms with van der Waals surface area (Å²) in [5.74, 6) is -0.329. The molecule has 0 unspecified atom stereocenters. The van der Waals surface area contributed by atoms with Crippen molar-refractivity contribution in [3.8, 4) is 0 Å². The van der Waals surface area contributed by atoms with Crippen LogP contribution in [-0.2, 0) is 21.2 Å². The highest BCUT2D eigenvalue weighted by Crippen LogP contribution is 2.21. The topological polar surface area (TPSA) is 82.3 Å². The first-order chi connectivity index (χ1) is 13.2. The average Bonchev–Trinajstić information content (AvgIpc) is 3.01. The summed E-state index contributed by atoms with van der Waals surface area (Å²) in [6.07, 6.45) is 3.72. The molecular weight excluding hydrogens is 374 g/mol. The first-order valence-corrected chi connectivity index (χ1v) is 11.0. The van der Waals surface area contributed by atoms with Gasteiger partial charge in [-0.25, -0.2) is 8.42 Å². The number of carbonyl (C=O) groups is 1. The Hall–Kier alpha value is -2.80. The number of rotatable bonds is 7. The number of amides is 1. The average molecular weight is 400 g/mol. The smallest absolute Gasteiger partial charge is 0.240 e. The third kappa shape index (κ3) is 4.72. The fraction of sp³-hybridized carbons (Fsp3) is 0.286. The SMILES string of the molecule is Cc1cc(C)cc(N(CC(=O)NCCc2c[nH]c3ccccc23)S(C)(=O)=O)c1. The van der Waals surface area contributed by atoms with Gasteiger partial charge in [-0.15, -0.1) is 0 Å². The van der Waals surface area contributed by atoms with Gasteiger partial charge in [0, 0.05) is 23.6 Å². The van der Waals surface area contributed by atoms with Gasteiger partial charge in [-0.2, -0.15) is 0 Å². The molecule has 7 heteroatoms. The molecule has 0 aliphatic rings. The number of anilines is 1. The molecule has 148 valence electrons. The Balaban J connectivity index is 1.65. The Kier molecular flexibility index (Phi) is 5.74. The van der Waals surface area contributed by atoms with Crippen LogP contribution in [-0.4, -0.2) is 38.7 Å². The molecule has 0 atom stereocenters. The van der Waals surface area contributed by atoms with Crippen molar-refractivity contribution in [2.75, 3.05) is 23.7 Å². The maximum atomic E-state index is 12.4. The lowest BCUT2D eigenvalue weighted by Crippen LogP contribution is -2.41. The second kappa shape index (κ2) is 8.06. The molecule has 3 aromatic rings. The Morgan fingerprint density at radius 2 is 1.79 bits per heavy atom. The molecule has 2 aromatic carbocycles. The molecule has 2 N–H and O–H groups in total. The summed E-state index contributed by atoms with van der Waals surface area (Å²) < 4.78 is 25.6. The van der Waals surface area contributed by atoms with Crippen molar-refractivity contribution in [2.45, 2.75) is 20.3 Å². The first-order valence-electron chi connectivity index (χ1n) is 9.12. The predicted octanol–water partition coefficient (Wildman–Crippen LogP) is 2.91. The normalized spacial score (nSPS) is 11.5. The fourth-order valence-corrected chi connectivity index (χ4v) is 4.20. The van der Waals surface area contributed by atoms with Crippen LogP contribution in [0.25, 0.3) is 10.9 Å². The third-order valence-corrected chi connectivity index (χ3v) is 5.71. The van der Waals surface area contributed by atoms with Crippen molar-refractivity contribution in [2.24, 2.45) is 0 Å². The molecule has 0 saturated carbocycles. The second-order valence-electron chi connectivity index (χ2n) is 7.07. The Labute approximate surface area is 165 Å². The Morgan fingerprint density at radius 3 is 2.46 bits per heavy atom. The molecule has 6 nitrogen and oxygen atoms in total. The maximum absolute atomic E-state index is 12.4. The van der Waals surface area contributed by atoms with Gasteiger partial charge in [0.1, 0.15) is 6.54 Å². The van der Waals surface area contributed by atoms with Gasteiger partial charge in [0.25, 0.3) is 0 Å². The molecule has 0 aliphatic carbocycles. The predicted molar refractivity (Wildman–Crippen MR) is 113 cm³/mol. The quantitative estimate of drug-likeness (QED) is 0.641. The van der Waals surface area contributed by atoms with E-state index in [0.29, 0.717) is 18.7 Å². The molecule has 28 heavy (non-hydrogen) atoms. The van der Waals surface area contributed by atoms with Gasteiger partial charge in [-0.3, -0.25) is 9.10 Å². The molecule has 0 aliphatic heterocycles. The van der Waals surface area contributed by atoms with Gasteiger partial charge in [0.15, 0.2) is 0 Å². The van der Waals surface area contributed by atoms with Gasteiger partial charge in [-0.05, 0) is 55.2 Å². The van der Waals surface area contributed by atoms with Gasteiger partial charge in [0.05, 0.1) is 11.9 Å². The minimum absolute atomic E-state index is 0.240. The minimum atomic E-state index is -3.58. The lowest BCUT2D eigenvalue weighted by molar-refractivity contribution is -0.119. The lowest BCUT2D eigenvalue weighted by Gasteiger charge is -2.22. The summed E-state index contributed by atoms with van der Waals surface area (Å²) in [6.45, 7) is 4.00. The van der Waals surface area contributed by atoms with Crippen molar-refractivity contribution < 1.29 is 13.2 Å². The number of hydrogen-bond acceptors (Lipinski definition) is 3. The van der Waals surface area contributed by atoms with Gasteiger partial charge in [0.2, 0.25) is 15.9 Å². The summed E-state index contributed by atoms with van der Waals surface area (Å²) in [5.41, 5.74) is 4.57. The van der Waals surface area contributed by atoms with E-state index in [9.17, 15) is 13.2 Å². The van der Waals surface area contributed by atoms with Crippen molar-refractivity contribution >= 4 is 32.5 Å². The zero-order chi connectivity index (χ0) is 20.3. The van der Waals surface area contributed by atoms with Crippen LogP contribution in [0.2, 0.25) is 0 Å². The molecule has 0 bridgehead atoms. The van der Waals surface area contributed by atoms with E-state index >= 15 is 0 Å². The number of carbonyl (C=O) groups excluding carboxylic acids is 1. The molecule has 1 amide bonds. The molecule has 0 saturated heterocycles. The fourth-order valence-electron chi connectivity index (χ4n) is 3.36. The molecule has 1 heterocycles. The number of aryl methyl sites for hydroxylation is 2. The first kappa shape index (κ1) is 19.9. The van der Waals surface area contributed by atoms with Crippen LogP contribution < -0.4 is 9.62 Å². The second-order valence-corrected chi connectivity index (χ2v) is 8.98. The lowest BCUT2D eigenvalue weighted by atomic mass is 10.1. The number of sulfonamides is 1. The van der Waals surface area contributed by atoms with Crippen molar-refractivity contribution in [3.63, 3.8) is 0 Å². The summed E-state index contributed by atoms with van der Waals surface area (Å²) in [4.78, 5) is 15.6. The van der Waals surface area contributed by atoms with Gasteiger partial charge in [-0.1, -0.05) is 24.3 Å². The molecule has 1 aromatic heterocycles. The number of aromatic amines is 1. The number of fused-ring (bicyclic) bond motifs is 1. The van der Waals surface area contributed by atoms with Crippen molar-refractivity contribution in [1.29, 1.82) is 0 Å². The van der Waals surface area contributed by atoms with E-state index < -0.39 is 10.0 Å². The molecule has 0 fully saturated rings. The van der Waals surface area contributed by atoms with E-state index in [4.69, 9.17) is 0 Å². The Bertz CT molecular complexity index is 1080. The van der Waals surface area contributed by atoms with Crippen LogP contribution in [0.3, 0.4) is 0 Å². The molecule has 3 rings (SSSR count). The highest BCUT2D eigenvalue weighted by Gasteiger charge is 2.21. The minimum Gasteiger partial charge on any atom is -0.361 e. The largest absolute Gasteiger partial charge is 0.361 e. The van der Waals surface area contributed by atoms with Crippen LogP contribution in [0, 0.1) is 13.8 Å². The molecular formula is C21H25N3O3S. The van der Waals surface area contributed by atoms with Crippen LogP contribution in [0.4, 0.5) is 5.69 Å². The number of H-pyrrole nitrogens is 1. The highest BCUT2D eigenvalue weighted by molar-refractivity contribution is 7.92. The van der Waals surface area contributed by atoms with Gasteiger partial charge >= 0.3 is 0 Å². The number of para-hydroxylation sites is 1. The number of benzene rings is 2. The van der Waals surface area contributed by atoms with Crippen LogP contribution in [0.1, 0.15) is 16.7 Å². The van der Waals surface area contributed by atoms with Crippen LogP contribution in [0.5, 0.6) is 0 Å². The summed E-state index contributed by atoms with van der Waals surface area (Å²) in [6, 6.07) is 13.5. The van der Waals surface area contributed by atoms with Crippen LogP contribution in [0.15, 0.2) is 48.7 Å². The zero-order valence-corrected chi connectivity index (χ0v) is 17.1. The standard InChI is InChI=1S/C21H25N3O3S/c1-15-10-16(2)12-18(11-15)24(28(3,26)27)14-21(25)22-9-8-17-13-23-20-7-5-4-6-19(17)20/h4-7,10-13,23H,8-9,14H2,1-3H3,(H,22,25). The summed E-state index contributed by atoms with van der Waals surface area (Å²) in [7, 11) is -3.58. The summed E-state index contributed by atoms with van der Waals surface area (Å²) >= 11 is 0. The molecule has 0 spiro atoms. The Morgan fingerprint density at radius 1 is 1.11 bits per heavy atom.